The SMILES string of the molecule is O=S(=O)(O)c1cc(I)c([O-])c(I)c1.[Hg+]. The molecule has 4 nitrogen and oxygen atoms in total. The molecule has 0 bridgehead atoms. The number of halogens is 2. The summed E-state index contributed by atoms with van der Waals surface area (Å²) in [4.78, 5) is -0.249. The average Bonchev–Trinajstić information content (AvgIpc) is 1.97. The summed E-state index contributed by atoms with van der Waals surface area (Å²) in [6.45, 7) is 0. The first kappa shape index (κ1) is 15.3. The van der Waals surface area contributed by atoms with Gasteiger partial charge in [0.2, 0.25) is 0 Å². The molecule has 1 N–H and O–H groups in total. The molecule has 1 aromatic rings. The first-order chi connectivity index (χ1) is 5.82. The van der Waals surface area contributed by atoms with E-state index in [-0.39, 0.29) is 45.5 Å². The van der Waals surface area contributed by atoms with Crippen molar-refractivity contribution in [1.29, 1.82) is 0 Å². The van der Waals surface area contributed by atoms with Gasteiger partial charge >= 0.3 is 27.7 Å². The molecule has 1 aromatic carbocycles. The predicted molar refractivity (Wildman–Crippen MR) is 61.1 cm³/mol. The van der Waals surface area contributed by atoms with Crippen molar-refractivity contribution >= 4 is 55.3 Å². The molecule has 0 fully saturated rings. The second-order valence-corrected chi connectivity index (χ2v) is 5.94. The van der Waals surface area contributed by atoms with Crippen LogP contribution in [-0.4, -0.2) is 13.0 Å². The van der Waals surface area contributed by atoms with Crippen LogP contribution in [0, 0.1) is 7.14 Å². The van der Waals surface area contributed by atoms with E-state index < -0.39 is 10.1 Å². The van der Waals surface area contributed by atoms with E-state index in [0.29, 0.717) is 0 Å². The number of benzene rings is 1. The Morgan fingerprint density at radius 3 is 1.86 bits per heavy atom. The summed E-state index contributed by atoms with van der Waals surface area (Å²) in [6.07, 6.45) is 0. The van der Waals surface area contributed by atoms with Crippen LogP contribution in [0.3, 0.4) is 0 Å². The molecule has 0 aliphatic carbocycles. The van der Waals surface area contributed by atoms with Crippen LogP contribution in [0.25, 0.3) is 0 Å². The third kappa shape index (κ3) is 3.72. The molecular weight excluding hydrogens is 623 g/mol. The fourth-order valence-corrected chi connectivity index (χ4v) is 3.41. The van der Waals surface area contributed by atoms with Gasteiger partial charge in [-0.2, -0.15) is 8.42 Å². The number of hydrogen-bond acceptors (Lipinski definition) is 3. The van der Waals surface area contributed by atoms with Gasteiger partial charge in [0, 0.05) is 7.14 Å². The van der Waals surface area contributed by atoms with E-state index in [1.807, 2.05) is 0 Å². The maximum Gasteiger partial charge on any atom is 1.00 e. The van der Waals surface area contributed by atoms with Gasteiger partial charge in [-0.15, -0.1) is 0 Å². The van der Waals surface area contributed by atoms with Gasteiger partial charge in [0.1, 0.15) is 0 Å². The van der Waals surface area contributed by atoms with Gasteiger partial charge < -0.3 is 5.11 Å². The van der Waals surface area contributed by atoms with E-state index in [4.69, 9.17) is 4.55 Å². The fraction of sp³-hybridized carbons (Fsp3) is 0. The van der Waals surface area contributed by atoms with E-state index >= 15 is 0 Å². The quantitative estimate of drug-likeness (QED) is 0.290. The van der Waals surface area contributed by atoms with Crippen molar-refractivity contribution in [3.63, 3.8) is 0 Å². The Morgan fingerprint density at radius 1 is 1.21 bits per heavy atom. The standard InChI is InChI=1S/C6H4I2O4S.Hg/c7-4-1-3(13(10,11)12)2-5(8)6(4)9;/h1-2,9H,(H,10,11,12);/q;+1/p-1. The van der Waals surface area contributed by atoms with Gasteiger partial charge in [0.15, 0.2) is 0 Å². The molecule has 0 aliphatic heterocycles. The molecule has 0 unspecified atom stereocenters. The third-order valence-electron chi connectivity index (χ3n) is 1.27. The van der Waals surface area contributed by atoms with Crippen LogP contribution < -0.4 is 5.11 Å². The van der Waals surface area contributed by atoms with Crippen LogP contribution in [0.4, 0.5) is 0 Å². The maximum absolute atomic E-state index is 11.2. The Kier molecular flexibility index (Phi) is 6.12. The summed E-state index contributed by atoms with van der Waals surface area (Å²) in [5.41, 5.74) is 0. The number of hydrogen-bond donors (Lipinski definition) is 1. The van der Waals surface area contributed by atoms with E-state index in [2.05, 4.69) is 0 Å². The van der Waals surface area contributed by atoms with Crippen molar-refractivity contribution in [3.8, 4) is 5.75 Å². The zero-order valence-corrected chi connectivity index (χ0v) is 17.3. The summed E-state index contributed by atoms with van der Waals surface area (Å²) >= 11 is 3.45. The summed E-state index contributed by atoms with van der Waals surface area (Å²) in [7, 11) is -4.21. The van der Waals surface area contributed by atoms with E-state index in [9.17, 15) is 13.5 Å². The molecule has 1 rings (SSSR count). The average molecular weight is 626 g/mol. The van der Waals surface area contributed by atoms with Crippen molar-refractivity contribution in [2.24, 2.45) is 0 Å². The van der Waals surface area contributed by atoms with Crippen LogP contribution in [0.2, 0.25) is 0 Å². The summed E-state index contributed by atoms with van der Waals surface area (Å²) in [5.74, 6) is -0.228. The number of rotatable bonds is 1. The second kappa shape index (κ2) is 5.59. The monoisotopic (exact) mass is 627 g/mol. The first-order valence-corrected chi connectivity index (χ1v) is 6.55. The molecule has 0 saturated carbocycles. The van der Waals surface area contributed by atoms with Gasteiger partial charge in [-0.25, -0.2) is 0 Å². The predicted octanol–water partition coefficient (Wildman–Crippen LogP) is 1.21. The van der Waals surface area contributed by atoms with Crippen LogP contribution in [0.15, 0.2) is 17.0 Å². The second-order valence-electron chi connectivity index (χ2n) is 2.19. The van der Waals surface area contributed by atoms with Crippen molar-refractivity contribution in [2.45, 2.75) is 4.90 Å². The van der Waals surface area contributed by atoms with Crippen LogP contribution in [0.1, 0.15) is 0 Å². The van der Waals surface area contributed by atoms with Crippen molar-refractivity contribution in [3.05, 3.63) is 19.3 Å². The van der Waals surface area contributed by atoms with E-state index in [0.717, 1.165) is 12.1 Å². The molecule has 73 valence electrons. The molecule has 0 amide bonds. The molecule has 8 heteroatoms. The van der Waals surface area contributed by atoms with Crippen molar-refractivity contribution in [1.82, 2.24) is 0 Å². The first-order valence-electron chi connectivity index (χ1n) is 2.96. The minimum Gasteiger partial charge on any atom is -0.871 e. The van der Waals surface area contributed by atoms with Gasteiger partial charge in [-0.3, -0.25) is 4.55 Å². The van der Waals surface area contributed by atoms with E-state index in [1.165, 1.54) is 0 Å². The Hall–Kier alpha value is 1.33. The zero-order chi connectivity index (χ0) is 10.2. The Morgan fingerprint density at radius 2 is 1.57 bits per heavy atom. The molecule has 14 heavy (non-hydrogen) atoms. The normalized spacial score (nSPS) is 10.8. The Balaban J connectivity index is 0.00000169. The summed E-state index contributed by atoms with van der Waals surface area (Å²) in [6, 6.07) is 2.28. The van der Waals surface area contributed by atoms with Crippen LogP contribution in [0.5, 0.6) is 5.75 Å². The summed E-state index contributed by atoms with van der Waals surface area (Å²) < 4.78 is 30.6. The smallest absolute Gasteiger partial charge is 0.871 e. The zero-order valence-electron chi connectivity index (χ0n) is 6.70. The largest absolute Gasteiger partial charge is 1.00 e. The summed E-state index contributed by atoms with van der Waals surface area (Å²) in [5, 5.41) is 11.2. The van der Waals surface area contributed by atoms with Gasteiger partial charge in [-0.1, -0.05) is 5.75 Å². The Bertz CT molecular complexity index is 422. The molecule has 0 aromatic heterocycles. The topological polar surface area (TPSA) is 77.4 Å². The molecule has 0 heterocycles. The minimum absolute atomic E-state index is 0. The maximum atomic E-state index is 11.2. The van der Waals surface area contributed by atoms with Gasteiger partial charge in [-0.05, 0) is 57.3 Å². The van der Waals surface area contributed by atoms with Crippen LogP contribution in [-0.2, 0) is 37.8 Å². The molecule has 0 atom stereocenters. The van der Waals surface area contributed by atoms with Crippen molar-refractivity contribution < 1.29 is 45.7 Å². The fourth-order valence-electron chi connectivity index (χ4n) is 0.686. The molecular formula is C6H3HgI2O4S. The molecule has 0 saturated heterocycles. The van der Waals surface area contributed by atoms with Gasteiger partial charge in [0.25, 0.3) is 10.1 Å². The molecule has 1 radical (unpaired) electrons. The van der Waals surface area contributed by atoms with Crippen molar-refractivity contribution in [2.75, 3.05) is 0 Å². The van der Waals surface area contributed by atoms with Gasteiger partial charge in [0.05, 0.1) is 4.90 Å². The third-order valence-corrected chi connectivity index (χ3v) is 3.70. The van der Waals surface area contributed by atoms with E-state index in [1.54, 1.807) is 45.2 Å². The molecule has 0 aliphatic rings. The minimum atomic E-state index is -4.21. The van der Waals surface area contributed by atoms with Crippen LogP contribution >= 0.6 is 45.2 Å². The molecule has 0 spiro atoms. The Labute approximate surface area is 129 Å².